The molecule has 0 aromatic heterocycles. The second-order valence-corrected chi connectivity index (χ2v) is 4.85. The van der Waals surface area contributed by atoms with Crippen LogP contribution >= 0.6 is 0 Å². The molecule has 1 spiro atoms. The number of esters is 2. The number of hydrogen-bond donors (Lipinski definition) is 0. The van der Waals surface area contributed by atoms with Crippen LogP contribution in [0.5, 0.6) is 0 Å². The van der Waals surface area contributed by atoms with E-state index in [4.69, 9.17) is 9.47 Å². The summed E-state index contributed by atoms with van der Waals surface area (Å²) in [6.45, 7) is 7.01. The van der Waals surface area contributed by atoms with Crippen molar-refractivity contribution >= 4 is 11.9 Å². The maximum atomic E-state index is 11.9. The highest BCUT2D eigenvalue weighted by Gasteiger charge is 2.76. The van der Waals surface area contributed by atoms with Crippen molar-refractivity contribution in [3.8, 4) is 0 Å². The molecule has 1 aliphatic heterocycles. The molecule has 2 rings (SSSR count). The first-order valence-corrected chi connectivity index (χ1v) is 5.33. The van der Waals surface area contributed by atoms with Crippen molar-refractivity contribution in [2.45, 2.75) is 39.9 Å². The van der Waals surface area contributed by atoms with E-state index >= 15 is 0 Å². The fraction of sp³-hybridized carbons (Fsp3) is 0.818. The van der Waals surface area contributed by atoms with E-state index in [1.807, 2.05) is 13.8 Å². The van der Waals surface area contributed by atoms with E-state index in [0.717, 1.165) is 6.42 Å². The molecule has 0 N–H and O–H groups in total. The van der Waals surface area contributed by atoms with E-state index in [1.165, 1.54) is 0 Å². The van der Waals surface area contributed by atoms with Gasteiger partial charge in [-0.25, -0.2) is 0 Å². The summed E-state index contributed by atoms with van der Waals surface area (Å²) >= 11 is 0. The summed E-state index contributed by atoms with van der Waals surface area (Å²) in [5, 5.41) is 0. The van der Waals surface area contributed by atoms with Gasteiger partial charge in [0.15, 0.2) is 5.41 Å². The number of ether oxygens (including phenoxy) is 2. The summed E-state index contributed by atoms with van der Waals surface area (Å²) in [5.41, 5.74) is -0.996. The van der Waals surface area contributed by atoms with Crippen molar-refractivity contribution in [2.24, 2.45) is 17.3 Å². The second-order valence-electron chi connectivity index (χ2n) is 4.85. The van der Waals surface area contributed by atoms with E-state index in [1.54, 1.807) is 13.8 Å². The fourth-order valence-corrected chi connectivity index (χ4v) is 2.72. The number of carbonyl (C=O) groups is 2. The molecule has 84 valence electrons. The zero-order valence-electron chi connectivity index (χ0n) is 9.49. The highest BCUT2D eigenvalue weighted by atomic mass is 16.7. The monoisotopic (exact) mass is 212 g/mol. The van der Waals surface area contributed by atoms with Gasteiger partial charge in [-0.15, -0.1) is 0 Å². The molecule has 1 heterocycles. The van der Waals surface area contributed by atoms with Crippen LogP contribution in [0.25, 0.3) is 0 Å². The maximum absolute atomic E-state index is 11.9. The minimum Gasteiger partial charge on any atom is -0.422 e. The molecule has 2 fully saturated rings. The van der Waals surface area contributed by atoms with Gasteiger partial charge in [0.05, 0.1) is 0 Å². The van der Waals surface area contributed by atoms with Gasteiger partial charge in [0.25, 0.3) is 5.79 Å². The molecule has 0 amide bonds. The standard InChI is InChI=1S/C11H16O4/c1-5-7-6(2)11(7)8(12)14-10(3,4)15-9(11)13/h6-7H,5H2,1-4H3. The Bertz CT molecular complexity index is 311. The summed E-state index contributed by atoms with van der Waals surface area (Å²) < 4.78 is 10.3. The predicted octanol–water partition coefficient (Wildman–Crippen LogP) is 1.48. The predicted molar refractivity (Wildman–Crippen MR) is 51.6 cm³/mol. The molecule has 4 nitrogen and oxygen atoms in total. The van der Waals surface area contributed by atoms with Crippen LogP contribution in [0.3, 0.4) is 0 Å². The summed E-state index contributed by atoms with van der Waals surface area (Å²) in [6.07, 6.45) is 0.797. The van der Waals surface area contributed by atoms with E-state index in [0.29, 0.717) is 0 Å². The molecule has 2 unspecified atom stereocenters. The SMILES string of the molecule is CCC1C(C)C12C(=O)OC(C)(C)OC2=O. The van der Waals surface area contributed by atoms with Crippen molar-refractivity contribution < 1.29 is 19.1 Å². The van der Waals surface area contributed by atoms with Crippen LogP contribution in [0.2, 0.25) is 0 Å². The summed E-state index contributed by atoms with van der Waals surface area (Å²) in [7, 11) is 0. The summed E-state index contributed by atoms with van der Waals surface area (Å²) in [5.74, 6) is -1.82. The Kier molecular flexibility index (Phi) is 1.91. The maximum Gasteiger partial charge on any atom is 0.327 e. The van der Waals surface area contributed by atoms with Gasteiger partial charge in [0, 0.05) is 13.8 Å². The molecule has 2 aliphatic rings. The van der Waals surface area contributed by atoms with Gasteiger partial charge in [-0.2, -0.15) is 0 Å². The molecular weight excluding hydrogens is 196 g/mol. The molecule has 1 saturated heterocycles. The molecule has 0 radical (unpaired) electrons. The Morgan fingerprint density at radius 3 is 2.00 bits per heavy atom. The molecule has 0 aromatic carbocycles. The molecule has 0 bridgehead atoms. The number of hydrogen-bond acceptors (Lipinski definition) is 4. The van der Waals surface area contributed by atoms with E-state index in [2.05, 4.69) is 0 Å². The Morgan fingerprint density at radius 2 is 1.67 bits per heavy atom. The van der Waals surface area contributed by atoms with Gasteiger partial charge >= 0.3 is 11.9 Å². The molecule has 1 saturated carbocycles. The summed E-state index contributed by atoms with van der Waals surface area (Å²) in [4.78, 5) is 23.7. The zero-order valence-corrected chi connectivity index (χ0v) is 9.49. The second kappa shape index (κ2) is 2.74. The van der Waals surface area contributed by atoms with Gasteiger partial charge in [0.1, 0.15) is 0 Å². The number of carbonyl (C=O) groups excluding carboxylic acids is 2. The lowest BCUT2D eigenvalue weighted by atomic mass is 10.00. The average molecular weight is 212 g/mol. The normalized spacial score (nSPS) is 36.0. The Hall–Kier alpha value is -1.06. The van der Waals surface area contributed by atoms with Crippen LogP contribution < -0.4 is 0 Å². The minimum absolute atomic E-state index is 0.0404. The summed E-state index contributed by atoms with van der Waals surface area (Å²) in [6, 6.07) is 0. The Labute approximate surface area is 88.9 Å². The molecule has 0 aromatic rings. The lowest BCUT2D eigenvalue weighted by Crippen LogP contribution is -2.49. The van der Waals surface area contributed by atoms with Crippen LogP contribution in [0.1, 0.15) is 34.1 Å². The van der Waals surface area contributed by atoms with Crippen LogP contribution in [-0.2, 0) is 19.1 Å². The van der Waals surface area contributed by atoms with E-state index in [9.17, 15) is 9.59 Å². The van der Waals surface area contributed by atoms with Crippen molar-refractivity contribution in [2.75, 3.05) is 0 Å². The highest BCUT2D eigenvalue weighted by molar-refractivity contribution is 6.05. The minimum atomic E-state index is -1.11. The van der Waals surface area contributed by atoms with Crippen LogP contribution in [0.15, 0.2) is 0 Å². The van der Waals surface area contributed by atoms with E-state index < -0.39 is 23.1 Å². The number of cyclic esters (lactones) is 2. The van der Waals surface area contributed by atoms with Crippen molar-refractivity contribution in [1.29, 1.82) is 0 Å². The number of rotatable bonds is 1. The Balaban J connectivity index is 2.30. The highest BCUT2D eigenvalue weighted by Crippen LogP contribution is 2.63. The van der Waals surface area contributed by atoms with Gasteiger partial charge in [-0.3, -0.25) is 9.59 Å². The van der Waals surface area contributed by atoms with Crippen LogP contribution in [0, 0.1) is 17.3 Å². The molecular formula is C11H16O4. The average Bonchev–Trinajstić information content (AvgIpc) is 2.67. The molecule has 1 aliphatic carbocycles. The van der Waals surface area contributed by atoms with Gasteiger partial charge < -0.3 is 9.47 Å². The fourth-order valence-electron chi connectivity index (χ4n) is 2.72. The smallest absolute Gasteiger partial charge is 0.327 e. The topological polar surface area (TPSA) is 52.6 Å². The van der Waals surface area contributed by atoms with Crippen molar-refractivity contribution in [3.05, 3.63) is 0 Å². The third-order valence-electron chi connectivity index (χ3n) is 3.59. The molecule has 4 heteroatoms. The lowest BCUT2D eigenvalue weighted by molar-refractivity contribution is -0.244. The van der Waals surface area contributed by atoms with Crippen LogP contribution in [-0.4, -0.2) is 17.7 Å². The van der Waals surface area contributed by atoms with Crippen LogP contribution in [0.4, 0.5) is 0 Å². The van der Waals surface area contributed by atoms with Gasteiger partial charge in [0.2, 0.25) is 0 Å². The lowest BCUT2D eigenvalue weighted by Gasteiger charge is -2.33. The third kappa shape index (κ3) is 1.13. The first-order chi connectivity index (χ1) is 6.86. The van der Waals surface area contributed by atoms with Gasteiger partial charge in [-0.1, -0.05) is 20.3 Å². The molecule has 2 atom stereocenters. The van der Waals surface area contributed by atoms with E-state index in [-0.39, 0.29) is 11.8 Å². The zero-order chi connectivity index (χ0) is 11.4. The quantitative estimate of drug-likeness (QED) is 0.488. The van der Waals surface area contributed by atoms with Crippen molar-refractivity contribution in [3.63, 3.8) is 0 Å². The van der Waals surface area contributed by atoms with Crippen molar-refractivity contribution in [1.82, 2.24) is 0 Å². The molecule has 15 heavy (non-hydrogen) atoms. The first kappa shape index (κ1) is 10.5. The van der Waals surface area contributed by atoms with Gasteiger partial charge in [-0.05, 0) is 11.8 Å². The largest absolute Gasteiger partial charge is 0.422 e. The Morgan fingerprint density at radius 1 is 1.20 bits per heavy atom. The first-order valence-electron chi connectivity index (χ1n) is 5.33. The third-order valence-corrected chi connectivity index (χ3v) is 3.59.